The maximum atomic E-state index is 13.2. The molecule has 32 heteroatoms. The second-order valence-electron chi connectivity index (χ2n) is 32.7. The van der Waals surface area contributed by atoms with Gasteiger partial charge in [-0.1, -0.05) is 333 Å². The van der Waals surface area contributed by atoms with Crippen LogP contribution in [0.15, 0.2) is 422 Å². The van der Waals surface area contributed by atoms with Gasteiger partial charge in [0.25, 0.3) is 11.4 Å². The van der Waals surface area contributed by atoms with Gasteiger partial charge in [0.1, 0.15) is 34.8 Å². The van der Waals surface area contributed by atoms with Crippen LogP contribution in [0.4, 0.5) is 62.1 Å². The standard InChI is InChI=1S/C17H20N2O.C15H12Br2O.C15H12Cl2O.C15H12N2O5.C15H16N2O.C15H14O.C13H8Cl2F2N2O.C11H10N4O/c1-13(15-9-5-3-6-10-15)18-17(20)19-14(2)16-11-7-4-8-12-16;16-13-5-1-3-11(7-13)9-15(18)10-12-4-2-6-14(17)8-12;16-13-5-1-11(2-6-13)9-15(18)10-12-3-7-14(17)8-4-12;18-15(9-11-1-5-13(6-2-11)16(19)20)10-12-3-7-14(8-4-12)17(21)22;18-15(16-11-13-7-3-1-4-8-13)17-12-14-9-5-2-6-10-14;16-15(11-13-7-3-1-4-8-13)12-14-9-5-2-6-10-14;14-9-3-1-8(6-12(9)17)19-13(20)18-7-2-4-11(16)10(15)5-7;16-11(14-9-1-5-12-6-2-9)15-10-3-7-13-8-4-10/h3-14H,1-2H3,(H2,18,19,20);2*1-8H,9-10H2;1-8H,9-10H2;1-10H,11-12H2,(H2,16,17,18);1-10H,11-12H2;1-6H,(H2,18,19,20);1-8H,(H2,12,13,14,15,16). The lowest BCUT2D eigenvalue weighted by atomic mass is 10.0. The van der Waals surface area contributed by atoms with Gasteiger partial charge in [-0.15, -0.1) is 0 Å². The van der Waals surface area contributed by atoms with E-state index < -0.39 is 27.5 Å². The second-order valence-corrected chi connectivity index (χ2v) is 36.2. The topological polar surface area (TPSA) is 345 Å². The number of urea groups is 4. The van der Waals surface area contributed by atoms with Gasteiger partial charge in [0.2, 0.25) is 0 Å². The number of nitro groups is 2. The molecule has 8 N–H and O–H groups in total. The summed E-state index contributed by atoms with van der Waals surface area (Å²) in [6, 6.07) is 115. The van der Waals surface area contributed by atoms with Crippen molar-refractivity contribution in [2.45, 2.75) is 90.4 Å². The van der Waals surface area contributed by atoms with Gasteiger partial charge in [-0.2, -0.15) is 0 Å². The Bertz CT molecular complexity index is 6410. The third-order valence-corrected chi connectivity index (χ3v) is 23.0. The zero-order valence-corrected chi connectivity index (χ0v) is 86.4. The number of non-ortho nitro benzene ring substituents is 2. The number of rotatable bonds is 30. The van der Waals surface area contributed by atoms with Crippen molar-refractivity contribution in [3.63, 3.8) is 0 Å². The Labute approximate surface area is 893 Å². The average molecular weight is 2200 g/mol. The first-order valence-electron chi connectivity index (χ1n) is 46.1. The largest absolute Gasteiger partial charge is 0.334 e. The lowest BCUT2D eigenvalue weighted by Crippen LogP contribution is -2.38. The number of nitro benzene ring substituents is 2. The highest BCUT2D eigenvalue weighted by molar-refractivity contribution is 9.10. The molecule has 0 fully saturated rings. The SMILES string of the molecule is CC(NC(=O)NC(C)c1ccccc1)c1ccccc1.O=C(Cc1ccc(Cl)cc1)Cc1ccc(Cl)cc1.O=C(Cc1ccc([N+](=O)[O-])cc1)Cc1ccc([N+](=O)[O-])cc1.O=C(Cc1cccc(Br)c1)Cc1cccc(Br)c1.O=C(Cc1ccccc1)Cc1ccccc1.O=C(NCc1ccccc1)NCc1ccccc1.O=C(Nc1ccc(Cl)c(F)c1)Nc1ccc(F)c(Cl)c1.O=C(Nc1ccncc1)Nc1ccncc1. The lowest BCUT2D eigenvalue weighted by Gasteiger charge is -2.18. The van der Waals surface area contributed by atoms with E-state index in [1.165, 1.54) is 48.5 Å². The van der Waals surface area contributed by atoms with Crippen LogP contribution in [0.2, 0.25) is 20.1 Å². The van der Waals surface area contributed by atoms with Crippen molar-refractivity contribution < 1.29 is 57.0 Å². The van der Waals surface area contributed by atoms with Crippen LogP contribution in [0.5, 0.6) is 0 Å². The van der Waals surface area contributed by atoms with Gasteiger partial charge in [-0.05, 0) is 190 Å². The Kier molecular flexibility index (Phi) is 49.9. The van der Waals surface area contributed by atoms with Crippen molar-refractivity contribution in [1.29, 1.82) is 0 Å². The van der Waals surface area contributed by atoms with Gasteiger partial charge >= 0.3 is 24.1 Å². The van der Waals surface area contributed by atoms with Crippen LogP contribution in [0, 0.1) is 31.9 Å². The molecule has 0 saturated carbocycles. The molecule has 16 rings (SSSR count). The molecule has 148 heavy (non-hydrogen) atoms. The highest BCUT2D eigenvalue weighted by Crippen LogP contribution is 2.25. The molecule has 0 bridgehead atoms. The molecule has 0 saturated heterocycles. The number of Topliss-reactive ketones (excluding diaryl/α,β-unsaturated/α-hetero) is 4. The minimum atomic E-state index is -0.644. The smallest absolute Gasteiger partial charge is 0.323 e. The van der Waals surface area contributed by atoms with Crippen molar-refractivity contribution in [3.05, 3.63) is 541 Å². The zero-order valence-electron chi connectivity index (χ0n) is 80.2. The summed E-state index contributed by atoms with van der Waals surface area (Å²) in [6.07, 6.45) is 9.64. The molecule has 756 valence electrons. The summed E-state index contributed by atoms with van der Waals surface area (Å²) in [4.78, 5) is 122. The molecule has 16 aromatic rings. The van der Waals surface area contributed by atoms with Gasteiger partial charge in [-0.25, -0.2) is 28.0 Å². The predicted molar refractivity (Wildman–Crippen MR) is 590 cm³/mol. The summed E-state index contributed by atoms with van der Waals surface area (Å²) >= 11 is 29.5. The molecule has 24 nitrogen and oxygen atoms in total. The van der Waals surface area contributed by atoms with Gasteiger partial charge in [0.15, 0.2) is 0 Å². The number of pyridine rings is 2. The van der Waals surface area contributed by atoms with Crippen molar-refractivity contribution in [2.24, 2.45) is 0 Å². The minimum Gasteiger partial charge on any atom is -0.334 e. The maximum Gasteiger partial charge on any atom is 0.323 e. The fraction of sp³-hybridized carbons (Fsp3) is 0.121. The number of hydrogen-bond acceptors (Lipinski definition) is 14. The Balaban J connectivity index is 0.000000188. The fourth-order valence-corrected chi connectivity index (χ4v) is 15.0. The number of halogens is 8. The summed E-state index contributed by atoms with van der Waals surface area (Å²) < 4.78 is 28.2. The highest BCUT2D eigenvalue weighted by atomic mass is 79.9. The fourth-order valence-electron chi connectivity index (χ4n) is 13.5. The van der Waals surface area contributed by atoms with E-state index in [1.807, 2.05) is 269 Å². The molecule has 0 spiro atoms. The normalized spacial score (nSPS) is 10.5. The number of hydrogen-bond donors (Lipinski definition) is 8. The van der Waals surface area contributed by atoms with Crippen molar-refractivity contribution >= 4 is 160 Å². The van der Waals surface area contributed by atoms with Gasteiger partial charge < -0.3 is 42.5 Å². The van der Waals surface area contributed by atoms with Crippen LogP contribution in [0.3, 0.4) is 0 Å². The Morgan fingerprint density at radius 2 is 0.574 bits per heavy atom. The summed E-state index contributed by atoms with van der Waals surface area (Å²) in [7, 11) is 0. The minimum absolute atomic E-state index is 0.0147. The number of nitrogens with one attached hydrogen (secondary N) is 8. The monoisotopic (exact) mass is 2190 g/mol. The van der Waals surface area contributed by atoms with E-state index in [1.54, 1.807) is 97.6 Å². The first-order chi connectivity index (χ1) is 71.4. The Hall–Kier alpha value is -16.1. The van der Waals surface area contributed by atoms with Crippen molar-refractivity contribution in [2.75, 3.05) is 21.3 Å². The molecule has 0 radical (unpaired) electrons. The average Bonchev–Trinajstić information content (AvgIpc) is 0.858. The van der Waals surface area contributed by atoms with Crippen LogP contribution in [-0.2, 0) is 83.6 Å². The number of amides is 8. The van der Waals surface area contributed by atoms with E-state index in [-0.39, 0.29) is 93.3 Å². The van der Waals surface area contributed by atoms with Gasteiger partial charge in [-0.3, -0.25) is 49.4 Å². The van der Waals surface area contributed by atoms with E-state index in [2.05, 4.69) is 84.4 Å². The molecular formula is C116H104Br2Cl4F2N12O12. The van der Waals surface area contributed by atoms with Crippen molar-refractivity contribution in [1.82, 2.24) is 31.2 Å². The van der Waals surface area contributed by atoms with E-state index in [0.29, 0.717) is 89.8 Å². The van der Waals surface area contributed by atoms with Crippen molar-refractivity contribution in [3.8, 4) is 0 Å². The predicted octanol–water partition coefficient (Wildman–Crippen LogP) is 28.3. The molecule has 2 unspecified atom stereocenters. The van der Waals surface area contributed by atoms with Crippen LogP contribution in [0.25, 0.3) is 0 Å². The highest BCUT2D eigenvalue weighted by Gasteiger charge is 2.17. The molecule has 2 heterocycles. The zero-order chi connectivity index (χ0) is 106. The lowest BCUT2D eigenvalue weighted by molar-refractivity contribution is -0.385. The molecule has 0 aliphatic rings. The second kappa shape index (κ2) is 63.9. The molecule has 0 aliphatic heterocycles. The van der Waals surface area contributed by atoms with Crippen LogP contribution >= 0.6 is 78.3 Å². The molecule has 0 aliphatic carbocycles. The van der Waals surface area contributed by atoms with E-state index in [0.717, 1.165) is 76.7 Å². The molecule has 2 aromatic heterocycles. The summed E-state index contributed by atoms with van der Waals surface area (Å²) in [5.74, 6) is -0.627. The number of benzene rings is 14. The number of carbonyl (C=O) groups is 8. The number of anilines is 4. The van der Waals surface area contributed by atoms with Crippen LogP contribution in [-0.4, -0.2) is 67.1 Å². The number of aromatic nitrogens is 2. The third-order valence-electron chi connectivity index (χ3n) is 20.9. The maximum absolute atomic E-state index is 13.2. The van der Waals surface area contributed by atoms with Crippen LogP contribution in [0.1, 0.15) is 92.7 Å². The van der Waals surface area contributed by atoms with Gasteiger partial charge in [0.05, 0.1) is 32.0 Å². The van der Waals surface area contributed by atoms with Crippen LogP contribution < -0.4 is 42.5 Å². The molecule has 2 atom stereocenters. The summed E-state index contributed by atoms with van der Waals surface area (Å²) in [5.41, 5.74) is 13.9. The quantitative estimate of drug-likeness (QED) is 0.0153. The molecule has 8 amide bonds. The first kappa shape index (κ1) is 115. The van der Waals surface area contributed by atoms with E-state index in [9.17, 15) is 67.4 Å². The summed E-state index contributed by atoms with van der Waals surface area (Å²) in [6.45, 7) is 5.03. The van der Waals surface area contributed by atoms with Gasteiger partial charge in [0, 0.05) is 155 Å². The molecule has 14 aromatic carbocycles. The Morgan fingerprint density at radius 1 is 0.291 bits per heavy atom. The molecular weight excluding hydrogens is 2090 g/mol. The number of carbonyl (C=O) groups excluding carboxylic acids is 8. The van der Waals surface area contributed by atoms with E-state index in [4.69, 9.17) is 46.4 Å². The number of ketones is 4. The summed E-state index contributed by atoms with van der Waals surface area (Å²) in [5, 5.41) is 44.0. The van der Waals surface area contributed by atoms with E-state index >= 15 is 0 Å². The first-order valence-corrected chi connectivity index (χ1v) is 49.2. The third kappa shape index (κ3) is 46.3. The Morgan fingerprint density at radius 3 is 0.892 bits per heavy atom. The number of nitrogens with zero attached hydrogens (tertiary/aromatic N) is 4.